The molecule has 1 amide bonds. The van der Waals surface area contributed by atoms with Crippen LogP contribution in [0.25, 0.3) is 0 Å². The summed E-state index contributed by atoms with van der Waals surface area (Å²) in [6.45, 7) is 4.97. The molecule has 7 heteroatoms. The van der Waals surface area contributed by atoms with Crippen molar-refractivity contribution in [3.8, 4) is 0 Å². The summed E-state index contributed by atoms with van der Waals surface area (Å²) in [6, 6.07) is 0.551. The standard InChI is InChI=1S/C17H34N4OS.HI/c1-13(2)20-16(22)14-8-7-9-15(12-14)21-17(18-3)19-10-5-6-11-23-4;/h13-15H,5-12H2,1-4H3,(H,20,22)(H2,18,19,21);1H. The summed E-state index contributed by atoms with van der Waals surface area (Å²) in [6.07, 6.45) is 8.63. The number of carbonyl (C=O) groups is 1. The van der Waals surface area contributed by atoms with Gasteiger partial charge >= 0.3 is 0 Å². The number of hydrogen-bond acceptors (Lipinski definition) is 3. The normalized spacial score (nSPS) is 21.1. The molecule has 3 N–H and O–H groups in total. The molecule has 1 rings (SSSR count). The van der Waals surface area contributed by atoms with Crippen LogP contribution in [0.5, 0.6) is 0 Å². The zero-order valence-corrected chi connectivity index (χ0v) is 18.7. The van der Waals surface area contributed by atoms with Gasteiger partial charge in [0.05, 0.1) is 0 Å². The Balaban J connectivity index is 0.00000529. The van der Waals surface area contributed by atoms with Crippen molar-refractivity contribution in [3.05, 3.63) is 0 Å². The minimum atomic E-state index is 0. The minimum absolute atomic E-state index is 0. The molecule has 1 fully saturated rings. The fourth-order valence-corrected chi connectivity index (χ4v) is 3.42. The second-order valence-electron chi connectivity index (χ2n) is 6.57. The minimum Gasteiger partial charge on any atom is -0.356 e. The monoisotopic (exact) mass is 470 g/mol. The number of rotatable bonds is 8. The molecule has 0 bridgehead atoms. The summed E-state index contributed by atoms with van der Waals surface area (Å²) in [5, 5.41) is 9.91. The van der Waals surface area contributed by atoms with Gasteiger partial charge in [0, 0.05) is 31.6 Å². The molecule has 0 aromatic rings. The van der Waals surface area contributed by atoms with Crippen LogP contribution < -0.4 is 16.0 Å². The summed E-state index contributed by atoms with van der Waals surface area (Å²) in [5.74, 6) is 2.40. The fraction of sp³-hybridized carbons (Fsp3) is 0.882. The lowest BCUT2D eigenvalue weighted by Gasteiger charge is -2.30. The topological polar surface area (TPSA) is 65.5 Å². The van der Waals surface area contributed by atoms with E-state index in [0.29, 0.717) is 6.04 Å². The Kier molecular flexibility index (Phi) is 13.9. The van der Waals surface area contributed by atoms with Gasteiger partial charge in [0.2, 0.25) is 5.91 Å². The van der Waals surface area contributed by atoms with Crippen molar-refractivity contribution in [1.29, 1.82) is 0 Å². The van der Waals surface area contributed by atoms with E-state index in [9.17, 15) is 4.79 Å². The van der Waals surface area contributed by atoms with Crippen LogP contribution in [0.2, 0.25) is 0 Å². The first-order chi connectivity index (χ1) is 11.1. The first kappa shape index (κ1) is 23.8. The van der Waals surface area contributed by atoms with E-state index in [1.807, 2.05) is 32.7 Å². The number of unbranched alkanes of at least 4 members (excludes halogenated alkanes) is 1. The molecule has 0 aliphatic heterocycles. The molecule has 1 aliphatic rings. The highest BCUT2D eigenvalue weighted by Gasteiger charge is 2.27. The number of nitrogens with zero attached hydrogens (tertiary/aromatic N) is 1. The van der Waals surface area contributed by atoms with Gasteiger partial charge in [-0.2, -0.15) is 11.8 Å². The van der Waals surface area contributed by atoms with Gasteiger partial charge in [-0.3, -0.25) is 9.79 Å². The highest BCUT2D eigenvalue weighted by Crippen LogP contribution is 2.24. The van der Waals surface area contributed by atoms with Crippen LogP contribution in [0.1, 0.15) is 52.4 Å². The van der Waals surface area contributed by atoms with Crippen LogP contribution in [-0.4, -0.2) is 49.6 Å². The largest absolute Gasteiger partial charge is 0.356 e. The van der Waals surface area contributed by atoms with Crippen molar-refractivity contribution in [2.24, 2.45) is 10.9 Å². The number of carbonyl (C=O) groups excluding carboxylic acids is 1. The number of aliphatic imine (C=N–C) groups is 1. The first-order valence-corrected chi connectivity index (χ1v) is 10.2. The third-order valence-electron chi connectivity index (χ3n) is 4.11. The Hall–Kier alpha value is -0.180. The Labute approximate surface area is 169 Å². The molecule has 24 heavy (non-hydrogen) atoms. The van der Waals surface area contributed by atoms with Crippen LogP contribution in [0.3, 0.4) is 0 Å². The van der Waals surface area contributed by atoms with Crippen LogP contribution in [0.15, 0.2) is 4.99 Å². The van der Waals surface area contributed by atoms with Crippen molar-refractivity contribution in [2.75, 3.05) is 25.6 Å². The summed E-state index contributed by atoms with van der Waals surface area (Å²) in [4.78, 5) is 16.5. The molecule has 1 aliphatic carbocycles. The summed E-state index contributed by atoms with van der Waals surface area (Å²) in [5.41, 5.74) is 0. The summed E-state index contributed by atoms with van der Waals surface area (Å²) in [7, 11) is 1.81. The van der Waals surface area contributed by atoms with Crippen LogP contribution in [0.4, 0.5) is 0 Å². The van der Waals surface area contributed by atoms with E-state index in [0.717, 1.165) is 44.6 Å². The van der Waals surface area contributed by atoms with E-state index in [4.69, 9.17) is 0 Å². The zero-order chi connectivity index (χ0) is 17.1. The number of amides is 1. The molecule has 0 saturated heterocycles. The second kappa shape index (κ2) is 14.0. The van der Waals surface area contributed by atoms with E-state index in [1.54, 1.807) is 0 Å². The average Bonchev–Trinajstić information content (AvgIpc) is 2.53. The van der Waals surface area contributed by atoms with Crippen molar-refractivity contribution in [2.45, 2.75) is 64.5 Å². The fourth-order valence-electron chi connectivity index (χ4n) is 2.93. The molecule has 142 valence electrons. The third-order valence-corrected chi connectivity index (χ3v) is 4.80. The summed E-state index contributed by atoms with van der Waals surface area (Å²) >= 11 is 1.89. The molecule has 1 saturated carbocycles. The number of hydrogen-bond donors (Lipinski definition) is 3. The van der Waals surface area contributed by atoms with Crippen molar-refractivity contribution in [1.82, 2.24) is 16.0 Å². The van der Waals surface area contributed by atoms with Crippen molar-refractivity contribution >= 4 is 47.6 Å². The first-order valence-electron chi connectivity index (χ1n) is 8.83. The van der Waals surface area contributed by atoms with Crippen molar-refractivity contribution < 1.29 is 4.79 Å². The van der Waals surface area contributed by atoms with Gasteiger partial charge in [0.25, 0.3) is 0 Å². The van der Waals surface area contributed by atoms with Gasteiger partial charge in [-0.05, 0) is 58.0 Å². The molecular weight excluding hydrogens is 435 g/mol. The molecule has 0 aromatic carbocycles. The average molecular weight is 470 g/mol. The number of guanidine groups is 1. The SMILES string of the molecule is CN=C(NCCCCSC)NC1CCCC(C(=O)NC(C)C)C1.I. The lowest BCUT2D eigenvalue weighted by Crippen LogP contribution is -2.47. The van der Waals surface area contributed by atoms with Crippen LogP contribution in [-0.2, 0) is 4.79 Å². The molecule has 0 aromatic heterocycles. The van der Waals surface area contributed by atoms with E-state index in [2.05, 4.69) is 27.2 Å². The molecule has 0 radical (unpaired) electrons. The number of nitrogens with one attached hydrogen (secondary N) is 3. The molecule has 2 unspecified atom stereocenters. The predicted octanol–water partition coefficient (Wildman–Crippen LogP) is 3.00. The Morgan fingerprint density at radius 2 is 2.04 bits per heavy atom. The van der Waals surface area contributed by atoms with Gasteiger partial charge in [-0.15, -0.1) is 24.0 Å². The molecule has 0 spiro atoms. The number of halogens is 1. The van der Waals surface area contributed by atoms with E-state index >= 15 is 0 Å². The third kappa shape index (κ3) is 9.96. The Morgan fingerprint density at radius 3 is 2.67 bits per heavy atom. The molecular formula is C17H35IN4OS. The van der Waals surface area contributed by atoms with Gasteiger partial charge in [-0.1, -0.05) is 6.42 Å². The smallest absolute Gasteiger partial charge is 0.223 e. The van der Waals surface area contributed by atoms with Crippen LogP contribution >= 0.6 is 35.7 Å². The van der Waals surface area contributed by atoms with Gasteiger partial charge in [0.15, 0.2) is 5.96 Å². The van der Waals surface area contributed by atoms with Gasteiger partial charge in [0.1, 0.15) is 0 Å². The lowest BCUT2D eigenvalue weighted by molar-refractivity contribution is -0.126. The quantitative estimate of drug-likeness (QED) is 0.221. The Morgan fingerprint density at radius 1 is 1.29 bits per heavy atom. The van der Waals surface area contributed by atoms with E-state index in [1.165, 1.54) is 12.2 Å². The van der Waals surface area contributed by atoms with Crippen molar-refractivity contribution in [3.63, 3.8) is 0 Å². The van der Waals surface area contributed by atoms with Crippen LogP contribution in [0, 0.1) is 5.92 Å². The highest BCUT2D eigenvalue weighted by molar-refractivity contribution is 14.0. The maximum Gasteiger partial charge on any atom is 0.223 e. The molecule has 2 atom stereocenters. The number of thioether (sulfide) groups is 1. The van der Waals surface area contributed by atoms with Gasteiger partial charge < -0.3 is 16.0 Å². The maximum absolute atomic E-state index is 12.2. The lowest BCUT2D eigenvalue weighted by atomic mass is 9.85. The zero-order valence-electron chi connectivity index (χ0n) is 15.6. The summed E-state index contributed by atoms with van der Waals surface area (Å²) < 4.78 is 0. The van der Waals surface area contributed by atoms with E-state index < -0.39 is 0 Å². The molecule has 0 heterocycles. The van der Waals surface area contributed by atoms with Gasteiger partial charge in [-0.25, -0.2) is 0 Å². The maximum atomic E-state index is 12.2. The molecule has 5 nitrogen and oxygen atoms in total. The van der Waals surface area contributed by atoms with E-state index in [-0.39, 0.29) is 41.8 Å². The highest BCUT2D eigenvalue weighted by atomic mass is 127. The second-order valence-corrected chi connectivity index (χ2v) is 7.55. The Bertz CT molecular complexity index is 380. The predicted molar refractivity (Wildman–Crippen MR) is 117 cm³/mol.